The van der Waals surface area contributed by atoms with Crippen molar-refractivity contribution in [3.8, 4) is 0 Å². The summed E-state index contributed by atoms with van der Waals surface area (Å²) in [4.78, 5) is 13.7. The van der Waals surface area contributed by atoms with E-state index in [1.165, 1.54) is 0 Å². The minimum Gasteiger partial charge on any atom is -0.361 e. The Kier molecular flexibility index (Phi) is 5.82. The molecule has 0 unspecified atom stereocenters. The number of carbonyl (C=O) groups is 1. The van der Waals surface area contributed by atoms with Gasteiger partial charge in [0.15, 0.2) is 0 Å². The molecule has 1 aliphatic heterocycles. The van der Waals surface area contributed by atoms with Crippen molar-refractivity contribution in [2.24, 2.45) is 5.73 Å². The maximum Gasteiger partial charge on any atom is 0.241 e. The molecule has 100 valence electrons. The van der Waals surface area contributed by atoms with Crippen molar-refractivity contribution in [3.05, 3.63) is 35.9 Å². The molecule has 0 bridgehead atoms. The molecular weight excluding hydrogens is 228 g/mol. The summed E-state index contributed by atoms with van der Waals surface area (Å²) < 4.78 is 5.25. The Morgan fingerprint density at radius 3 is 2.72 bits per heavy atom. The summed E-state index contributed by atoms with van der Waals surface area (Å²) in [5.41, 5.74) is 7.02. The maximum absolute atomic E-state index is 12.0. The molecule has 4 nitrogen and oxygen atoms in total. The molecule has 4 heteroatoms. The SMILES string of the molecule is C.N[C@@H](Cc1ccccc1)C(=O)N1CCCOC1. The van der Waals surface area contributed by atoms with Crippen molar-refractivity contribution in [2.45, 2.75) is 26.3 Å². The molecule has 1 amide bonds. The Morgan fingerprint density at radius 2 is 2.11 bits per heavy atom. The van der Waals surface area contributed by atoms with E-state index in [1.54, 1.807) is 4.90 Å². The zero-order valence-corrected chi connectivity index (χ0v) is 9.84. The second-order valence-electron chi connectivity index (χ2n) is 4.29. The fourth-order valence-electron chi connectivity index (χ4n) is 1.96. The Labute approximate surface area is 109 Å². The molecule has 1 atom stereocenters. The zero-order chi connectivity index (χ0) is 12.1. The quantitative estimate of drug-likeness (QED) is 0.882. The van der Waals surface area contributed by atoms with Crippen LogP contribution in [0.15, 0.2) is 30.3 Å². The van der Waals surface area contributed by atoms with Gasteiger partial charge in [0.2, 0.25) is 5.91 Å². The first-order valence-corrected chi connectivity index (χ1v) is 5.93. The average molecular weight is 250 g/mol. The highest BCUT2D eigenvalue weighted by Crippen LogP contribution is 2.07. The van der Waals surface area contributed by atoms with Crippen LogP contribution in [0.4, 0.5) is 0 Å². The van der Waals surface area contributed by atoms with Crippen LogP contribution in [-0.4, -0.2) is 36.7 Å². The maximum atomic E-state index is 12.0. The predicted octanol–water partition coefficient (Wildman–Crippen LogP) is 1.40. The molecule has 18 heavy (non-hydrogen) atoms. The minimum atomic E-state index is -0.473. The molecule has 0 aromatic heterocycles. The van der Waals surface area contributed by atoms with Crippen LogP contribution < -0.4 is 5.73 Å². The molecule has 2 rings (SSSR count). The first kappa shape index (κ1) is 14.7. The van der Waals surface area contributed by atoms with E-state index in [2.05, 4.69) is 0 Å². The van der Waals surface area contributed by atoms with Crippen molar-refractivity contribution in [1.82, 2.24) is 4.90 Å². The number of ether oxygens (including phenoxy) is 1. The molecule has 1 aromatic carbocycles. The van der Waals surface area contributed by atoms with Crippen LogP contribution in [0.25, 0.3) is 0 Å². The topological polar surface area (TPSA) is 55.6 Å². The zero-order valence-electron chi connectivity index (χ0n) is 9.84. The van der Waals surface area contributed by atoms with Crippen LogP contribution >= 0.6 is 0 Å². The van der Waals surface area contributed by atoms with Gasteiger partial charge in [-0.05, 0) is 18.4 Å². The fourth-order valence-corrected chi connectivity index (χ4v) is 1.96. The van der Waals surface area contributed by atoms with E-state index < -0.39 is 6.04 Å². The first-order chi connectivity index (χ1) is 8.27. The second kappa shape index (κ2) is 7.13. The van der Waals surface area contributed by atoms with Crippen LogP contribution in [0.1, 0.15) is 19.4 Å². The van der Waals surface area contributed by atoms with Crippen molar-refractivity contribution in [3.63, 3.8) is 0 Å². The van der Waals surface area contributed by atoms with E-state index in [1.807, 2.05) is 30.3 Å². The summed E-state index contributed by atoms with van der Waals surface area (Å²) in [6, 6.07) is 9.36. The molecule has 1 heterocycles. The van der Waals surface area contributed by atoms with Crippen molar-refractivity contribution in [1.29, 1.82) is 0 Å². The van der Waals surface area contributed by atoms with Gasteiger partial charge in [-0.3, -0.25) is 4.79 Å². The van der Waals surface area contributed by atoms with E-state index in [-0.39, 0.29) is 13.3 Å². The van der Waals surface area contributed by atoms with E-state index in [0.29, 0.717) is 13.2 Å². The summed E-state index contributed by atoms with van der Waals surface area (Å²) in [5, 5.41) is 0. The third kappa shape index (κ3) is 3.82. The number of nitrogens with two attached hydrogens (primary N) is 1. The lowest BCUT2D eigenvalue weighted by atomic mass is 10.1. The van der Waals surface area contributed by atoms with Gasteiger partial charge < -0.3 is 15.4 Å². The fraction of sp³-hybridized carbons (Fsp3) is 0.500. The highest BCUT2D eigenvalue weighted by Gasteiger charge is 2.22. The second-order valence-corrected chi connectivity index (χ2v) is 4.29. The van der Waals surface area contributed by atoms with Gasteiger partial charge in [-0.1, -0.05) is 37.8 Å². The lowest BCUT2D eigenvalue weighted by Gasteiger charge is -2.29. The molecule has 2 N–H and O–H groups in total. The van der Waals surface area contributed by atoms with Crippen LogP contribution in [0, 0.1) is 0 Å². The standard InChI is InChI=1S/C13H18N2O2.CH4/c14-12(9-11-5-2-1-3-6-11)13(16)15-7-4-8-17-10-15;/h1-3,5-6,12H,4,7-10,14H2;1H4/t12-;/m0./s1. The molecule has 1 aliphatic rings. The number of rotatable bonds is 3. The smallest absolute Gasteiger partial charge is 0.241 e. The lowest BCUT2D eigenvalue weighted by molar-refractivity contribution is -0.142. The normalized spacial score (nSPS) is 16.8. The van der Waals surface area contributed by atoms with E-state index in [0.717, 1.165) is 25.1 Å². The average Bonchev–Trinajstić information content (AvgIpc) is 2.40. The summed E-state index contributed by atoms with van der Waals surface area (Å²) in [6.45, 7) is 1.86. The number of hydrogen-bond acceptors (Lipinski definition) is 3. The van der Waals surface area contributed by atoms with E-state index in [4.69, 9.17) is 10.5 Å². The first-order valence-electron chi connectivity index (χ1n) is 5.93. The van der Waals surface area contributed by atoms with Crippen LogP contribution in [0.5, 0.6) is 0 Å². The number of carbonyl (C=O) groups excluding carboxylic acids is 1. The van der Waals surface area contributed by atoms with Gasteiger partial charge in [0.05, 0.1) is 12.6 Å². The predicted molar refractivity (Wildman–Crippen MR) is 72.0 cm³/mol. The Morgan fingerprint density at radius 1 is 1.39 bits per heavy atom. The highest BCUT2D eigenvalue weighted by molar-refractivity contribution is 5.81. The van der Waals surface area contributed by atoms with Gasteiger partial charge in [-0.15, -0.1) is 0 Å². The van der Waals surface area contributed by atoms with Crippen molar-refractivity contribution < 1.29 is 9.53 Å². The van der Waals surface area contributed by atoms with Gasteiger partial charge in [-0.25, -0.2) is 0 Å². The van der Waals surface area contributed by atoms with Crippen LogP contribution in [-0.2, 0) is 16.0 Å². The van der Waals surface area contributed by atoms with Gasteiger partial charge in [0.25, 0.3) is 0 Å². The van der Waals surface area contributed by atoms with Crippen molar-refractivity contribution >= 4 is 5.91 Å². The Balaban J connectivity index is 0.00000162. The van der Waals surface area contributed by atoms with E-state index in [9.17, 15) is 4.79 Å². The molecule has 1 fully saturated rings. The molecule has 1 saturated heterocycles. The van der Waals surface area contributed by atoms with Crippen LogP contribution in [0.3, 0.4) is 0 Å². The number of nitrogens with zero attached hydrogens (tertiary/aromatic N) is 1. The highest BCUT2D eigenvalue weighted by atomic mass is 16.5. The summed E-state index contributed by atoms with van der Waals surface area (Å²) in [7, 11) is 0. The molecule has 0 aliphatic carbocycles. The number of amides is 1. The van der Waals surface area contributed by atoms with Crippen LogP contribution in [0.2, 0.25) is 0 Å². The Bertz CT molecular complexity index is 361. The third-order valence-corrected chi connectivity index (χ3v) is 2.89. The monoisotopic (exact) mass is 250 g/mol. The Hall–Kier alpha value is -1.39. The molecule has 1 aromatic rings. The molecule has 0 spiro atoms. The van der Waals surface area contributed by atoms with E-state index >= 15 is 0 Å². The van der Waals surface area contributed by atoms with Crippen molar-refractivity contribution in [2.75, 3.05) is 19.9 Å². The molecular formula is C14H22N2O2. The lowest BCUT2D eigenvalue weighted by Crippen LogP contribution is -2.48. The number of hydrogen-bond donors (Lipinski definition) is 1. The molecule has 0 radical (unpaired) electrons. The minimum absolute atomic E-state index is 0. The third-order valence-electron chi connectivity index (χ3n) is 2.89. The van der Waals surface area contributed by atoms with Gasteiger partial charge in [-0.2, -0.15) is 0 Å². The largest absolute Gasteiger partial charge is 0.361 e. The van der Waals surface area contributed by atoms with Gasteiger partial charge >= 0.3 is 0 Å². The summed E-state index contributed by atoms with van der Waals surface area (Å²) >= 11 is 0. The molecule has 0 saturated carbocycles. The van der Waals surface area contributed by atoms with Gasteiger partial charge in [0.1, 0.15) is 6.73 Å². The summed E-state index contributed by atoms with van der Waals surface area (Å²) in [5.74, 6) is -0.0199. The van der Waals surface area contributed by atoms with Gasteiger partial charge in [0, 0.05) is 6.54 Å². The number of benzene rings is 1. The summed E-state index contributed by atoms with van der Waals surface area (Å²) in [6.07, 6.45) is 1.47.